The number of nitrogens with zero attached hydrogens (tertiary/aromatic N) is 2. The minimum atomic E-state index is -0.411. The van der Waals surface area contributed by atoms with Crippen molar-refractivity contribution < 1.29 is 13.2 Å². The maximum Gasteiger partial charge on any atom is 0.252 e. The van der Waals surface area contributed by atoms with Crippen LogP contribution < -0.4 is 26.2 Å². The first-order valence-electron chi connectivity index (χ1n) is 28.6. The second-order valence-electron chi connectivity index (χ2n) is 21.9. The lowest BCUT2D eigenvalue weighted by molar-refractivity contribution is 0.628. The Bertz CT molecular complexity index is 4680. The maximum absolute atomic E-state index is 18.1. The number of para-hydroxylation sites is 6. The molecule has 15 aromatic rings. The van der Waals surface area contributed by atoms with Gasteiger partial charge in [-0.2, -0.15) is 0 Å². The molecule has 0 N–H and O–H groups in total. The number of anilines is 6. The fraction of sp³-hybridized carbons (Fsp3) is 0. The zero-order valence-corrected chi connectivity index (χ0v) is 45.4. The summed E-state index contributed by atoms with van der Waals surface area (Å²) in [6.45, 7) is -0.411. The SMILES string of the molecule is Fc1cc2c3c(c1)N(c1c(-c4ccccc4)cccc1-c1ccccc1)c1ccc(-c4cccc5c4oc4ccccc45)cc1B3c1cc(-c3cccc4c3oc3ccccc34)ccc1N2c1c(-c2ccccc2)cccc1-c1ccccc1. The van der Waals surface area contributed by atoms with E-state index in [0.29, 0.717) is 0 Å². The molecule has 0 radical (unpaired) electrons. The van der Waals surface area contributed by atoms with Gasteiger partial charge in [0.25, 0.3) is 6.71 Å². The van der Waals surface area contributed by atoms with E-state index in [1.807, 2.05) is 24.3 Å². The summed E-state index contributed by atoms with van der Waals surface area (Å²) in [5, 5.41) is 4.27. The predicted octanol–water partition coefficient (Wildman–Crippen LogP) is 19.7. The highest BCUT2D eigenvalue weighted by atomic mass is 19.1. The lowest BCUT2D eigenvalue weighted by atomic mass is 9.33. The summed E-state index contributed by atoms with van der Waals surface area (Å²) in [5.41, 5.74) is 24.1. The number of rotatable bonds is 8. The lowest BCUT2D eigenvalue weighted by Gasteiger charge is -2.45. The van der Waals surface area contributed by atoms with Crippen LogP contribution >= 0.6 is 0 Å². The minimum Gasteiger partial charge on any atom is -0.455 e. The van der Waals surface area contributed by atoms with Crippen LogP contribution in [0, 0.1) is 5.82 Å². The minimum absolute atomic E-state index is 0.345. The monoisotopic (exact) mass is 1070 g/mol. The van der Waals surface area contributed by atoms with Gasteiger partial charge in [0.05, 0.1) is 11.4 Å². The highest BCUT2D eigenvalue weighted by molar-refractivity contribution is 7.00. The van der Waals surface area contributed by atoms with Crippen LogP contribution in [-0.4, -0.2) is 6.71 Å². The van der Waals surface area contributed by atoms with Gasteiger partial charge in [0.2, 0.25) is 0 Å². The number of furan rings is 2. The molecule has 17 rings (SSSR count). The Hall–Kier alpha value is -10.9. The molecule has 0 unspecified atom stereocenters. The molecule has 4 heterocycles. The summed E-state index contributed by atoms with van der Waals surface area (Å²) in [4.78, 5) is 4.74. The number of hydrogen-bond donors (Lipinski definition) is 0. The number of halogens is 1. The summed E-state index contributed by atoms with van der Waals surface area (Å²) in [5.74, 6) is -0.345. The van der Waals surface area contributed by atoms with Crippen LogP contribution in [0.4, 0.5) is 38.5 Å². The summed E-state index contributed by atoms with van der Waals surface area (Å²) in [6, 6.07) is 102. The summed E-state index contributed by atoms with van der Waals surface area (Å²) in [7, 11) is 0. The van der Waals surface area contributed by atoms with Gasteiger partial charge in [-0.1, -0.05) is 255 Å². The second-order valence-corrected chi connectivity index (χ2v) is 21.9. The van der Waals surface area contributed by atoms with Gasteiger partial charge >= 0.3 is 0 Å². The Labute approximate surface area is 485 Å². The van der Waals surface area contributed by atoms with E-state index in [0.717, 1.165) is 161 Å². The normalized spacial score (nSPS) is 12.5. The molecule has 13 aromatic carbocycles. The molecule has 4 nitrogen and oxygen atoms in total. The first-order valence-corrected chi connectivity index (χ1v) is 28.6. The number of hydrogen-bond acceptors (Lipinski definition) is 4. The van der Waals surface area contributed by atoms with Crippen LogP contribution in [0.2, 0.25) is 0 Å². The molecule has 0 saturated carbocycles. The standard InChI is InChI=1S/C78H48BFN2O2/c80-55-47-70-74-71(48-55)82(76-58(51-25-9-3-10-26-51)33-18-34-59(76)52-27-11-4-12-28-52)69-44-42-54(61-36-20-38-65-63-30-14-16-40-73(63)84-78(61)65)46-67(69)79(74)66-45-53(60-35-19-37-64-62-29-13-15-39-72(62)83-77(60)64)41-43-68(66)81(70)75-56(49-21-5-1-6-22-49)31-17-32-57(75)50-23-7-2-8-24-50/h1-48H. The van der Waals surface area contributed by atoms with E-state index in [-0.39, 0.29) is 5.82 Å². The molecule has 0 aliphatic carbocycles. The van der Waals surface area contributed by atoms with Gasteiger partial charge in [-0.25, -0.2) is 4.39 Å². The summed E-state index contributed by atoms with van der Waals surface area (Å²) >= 11 is 0. The molecule has 392 valence electrons. The fourth-order valence-corrected chi connectivity index (χ4v) is 13.7. The Morgan fingerprint density at radius 1 is 0.274 bits per heavy atom. The number of fused-ring (bicyclic) bond motifs is 10. The van der Waals surface area contributed by atoms with Crippen molar-refractivity contribution in [1.82, 2.24) is 0 Å². The van der Waals surface area contributed by atoms with Gasteiger partial charge in [-0.15, -0.1) is 0 Å². The highest BCUT2D eigenvalue weighted by Crippen LogP contribution is 2.53. The molecule has 0 atom stereocenters. The van der Waals surface area contributed by atoms with Gasteiger partial charge in [-0.05, 0) is 86.2 Å². The van der Waals surface area contributed by atoms with Crippen LogP contribution in [0.15, 0.2) is 300 Å². The van der Waals surface area contributed by atoms with E-state index < -0.39 is 6.71 Å². The Morgan fingerprint density at radius 3 is 1.00 bits per heavy atom. The van der Waals surface area contributed by atoms with E-state index in [1.165, 1.54) is 0 Å². The summed E-state index contributed by atoms with van der Waals surface area (Å²) in [6.07, 6.45) is 0. The molecular weight excluding hydrogens is 1030 g/mol. The van der Waals surface area contributed by atoms with E-state index in [1.54, 1.807) is 12.1 Å². The van der Waals surface area contributed by atoms with Crippen molar-refractivity contribution in [1.29, 1.82) is 0 Å². The summed E-state index contributed by atoms with van der Waals surface area (Å²) < 4.78 is 31.7. The van der Waals surface area contributed by atoms with Gasteiger partial charge < -0.3 is 18.6 Å². The topological polar surface area (TPSA) is 32.8 Å². The predicted molar refractivity (Wildman–Crippen MR) is 348 cm³/mol. The van der Waals surface area contributed by atoms with Gasteiger partial charge in [0.1, 0.15) is 28.1 Å². The molecule has 6 heteroatoms. The quantitative estimate of drug-likeness (QED) is 0.142. The van der Waals surface area contributed by atoms with Crippen molar-refractivity contribution in [2.24, 2.45) is 0 Å². The van der Waals surface area contributed by atoms with Crippen molar-refractivity contribution in [3.8, 4) is 66.8 Å². The zero-order chi connectivity index (χ0) is 55.4. The van der Waals surface area contributed by atoms with Gasteiger partial charge in [0.15, 0.2) is 0 Å². The van der Waals surface area contributed by atoms with Crippen LogP contribution in [-0.2, 0) is 0 Å². The Kier molecular flexibility index (Phi) is 10.9. The average Bonchev–Trinajstić information content (AvgIpc) is 1.15. The van der Waals surface area contributed by atoms with Crippen LogP contribution in [0.25, 0.3) is 111 Å². The average molecular weight is 1080 g/mol. The van der Waals surface area contributed by atoms with Crippen LogP contribution in [0.3, 0.4) is 0 Å². The van der Waals surface area contributed by atoms with Crippen molar-refractivity contribution in [3.63, 3.8) is 0 Å². The first kappa shape index (κ1) is 47.8. The molecule has 0 fully saturated rings. The molecule has 0 spiro atoms. The largest absolute Gasteiger partial charge is 0.455 e. The third-order valence-electron chi connectivity index (χ3n) is 17.3. The molecule has 2 aliphatic rings. The van der Waals surface area contributed by atoms with E-state index in [9.17, 15) is 0 Å². The maximum atomic E-state index is 18.1. The Balaban J connectivity index is 1.02. The van der Waals surface area contributed by atoms with E-state index >= 15 is 4.39 Å². The fourth-order valence-electron chi connectivity index (χ4n) is 13.7. The molecule has 84 heavy (non-hydrogen) atoms. The third kappa shape index (κ3) is 7.40. The van der Waals surface area contributed by atoms with Crippen LogP contribution in [0.1, 0.15) is 0 Å². The van der Waals surface area contributed by atoms with Gasteiger partial charge in [0, 0.05) is 77.7 Å². The highest BCUT2D eigenvalue weighted by Gasteiger charge is 2.46. The van der Waals surface area contributed by atoms with Crippen molar-refractivity contribution in [2.75, 3.05) is 9.80 Å². The number of benzene rings is 13. The van der Waals surface area contributed by atoms with E-state index in [4.69, 9.17) is 8.83 Å². The second kappa shape index (κ2) is 19.1. The molecule has 0 bridgehead atoms. The van der Waals surface area contributed by atoms with Crippen molar-refractivity contribution >= 4 is 101 Å². The lowest BCUT2D eigenvalue weighted by Crippen LogP contribution is -2.61. The van der Waals surface area contributed by atoms with Crippen molar-refractivity contribution in [3.05, 3.63) is 297 Å². The molecule has 0 saturated heterocycles. The molecule has 2 aliphatic heterocycles. The first-order chi connectivity index (χ1) is 41.6. The smallest absolute Gasteiger partial charge is 0.252 e. The van der Waals surface area contributed by atoms with Gasteiger partial charge in [-0.3, -0.25) is 0 Å². The van der Waals surface area contributed by atoms with Crippen LogP contribution in [0.5, 0.6) is 0 Å². The van der Waals surface area contributed by atoms with Crippen molar-refractivity contribution in [2.45, 2.75) is 0 Å². The molecule has 2 aromatic heterocycles. The Morgan fingerprint density at radius 2 is 0.607 bits per heavy atom. The molecule has 0 amide bonds. The molecular formula is C78H48BFN2O2. The van der Waals surface area contributed by atoms with E-state index in [2.05, 4.69) is 265 Å². The third-order valence-corrected chi connectivity index (χ3v) is 17.3. The zero-order valence-electron chi connectivity index (χ0n) is 45.4.